The molecule has 1 rings (SSSR count). The van der Waals surface area contributed by atoms with E-state index in [-0.39, 0.29) is 45.0 Å². The molecular weight excluding hydrogens is 318 g/mol. The number of nitrogens with one attached hydrogen (secondary N) is 1. The van der Waals surface area contributed by atoms with Crippen molar-refractivity contribution in [1.29, 1.82) is 0 Å². The molecule has 0 spiro atoms. The number of ketones is 2. The van der Waals surface area contributed by atoms with Crippen LogP contribution in [0.4, 0.5) is 0 Å². The molecule has 0 aromatic carbocycles. The van der Waals surface area contributed by atoms with E-state index >= 15 is 0 Å². The topological polar surface area (TPSA) is 102 Å². The summed E-state index contributed by atoms with van der Waals surface area (Å²) in [5.74, 6) is 4.46. The summed E-state index contributed by atoms with van der Waals surface area (Å²) in [6.45, 7) is 2.81. The molecule has 0 aliphatic carbocycles. The molecular formula is C11H15MoN3O3. The summed E-state index contributed by atoms with van der Waals surface area (Å²) >= 11 is 0. The summed E-state index contributed by atoms with van der Waals surface area (Å²) < 4.78 is 0. The van der Waals surface area contributed by atoms with Gasteiger partial charge in [0, 0.05) is 39.0 Å². The Labute approximate surface area is 120 Å². The standard InChI is InChI=1S/C6H7N3O.C5H8O2.Mo/c7-9-6(10)5-1-3-8-4-2-5;1-4(6)3-5(2)7;/h1-4H,7H2,(H,9,10);3H2,1-2H3;. The normalized spacial score (nSPS) is 8.17. The molecule has 0 aliphatic rings. The van der Waals surface area contributed by atoms with Gasteiger partial charge in [-0.05, 0) is 26.0 Å². The van der Waals surface area contributed by atoms with Crippen LogP contribution in [-0.2, 0) is 30.7 Å². The van der Waals surface area contributed by atoms with Gasteiger partial charge in [0.15, 0.2) is 0 Å². The van der Waals surface area contributed by atoms with Gasteiger partial charge in [-0.15, -0.1) is 0 Å². The van der Waals surface area contributed by atoms with Crippen LogP contribution in [0.5, 0.6) is 0 Å². The van der Waals surface area contributed by atoms with E-state index in [9.17, 15) is 14.4 Å². The number of carbonyl (C=O) groups excluding carboxylic acids is 3. The van der Waals surface area contributed by atoms with Crippen LogP contribution in [0, 0.1) is 0 Å². The van der Waals surface area contributed by atoms with E-state index < -0.39 is 0 Å². The fourth-order valence-corrected chi connectivity index (χ4v) is 0.937. The molecule has 0 atom stereocenters. The summed E-state index contributed by atoms with van der Waals surface area (Å²) in [5.41, 5.74) is 2.53. The average molecular weight is 333 g/mol. The quantitative estimate of drug-likeness (QED) is 0.271. The molecule has 18 heavy (non-hydrogen) atoms. The predicted octanol–water partition coefficient (Wildman–Crippen LogP) is 0.237. The third kappa shape index (κ3) is 9.81. The van der Waals surface area contributed by atoms with Crippen LogP contribution in [0.15, 0.2) is 24.5 Å². The predicted molar refractivity (Wildman–Crippen MR) is 61.9 cm³/mol. The number of Topliss-reactive ketones (excluding diaryl/α,β-unsaturated/α-hetero) is 2. The van der Waals surface area contributed by atoms with Crippen LogP contribution in [0.2, 0.25) is 0 Å². The maximum atomic E-state index is 10.7. The molecule has 0 radical (unpaired) electrons. The van der Waals surface area contributed by atoms with Crippen molar-refractivity contribution < 1.29 is 35.4 Å². The van der Waals surface area contributed by atoms with Gasteiger partial charge in [0.05, 0.1) is 6.42 Å². The fraction of sp³-hybridized carbons (Fsp3) is 0.273. The van der Waals surface area contributed by atoms with Gasteiger partial charge in [-0.1, -0.05) is 0 Å². The zero-order chi connectivity index (χ0) is 13.3. The second-order valence-electron chi connectivity index (χ2n) is 3.29. The van der Waals surface area contributed by atoms with Gasteiger partial charge in [0.1, 0.15) is 11.6 Å². The van der Waals surface area contributed by atoms with Gasteiger partial charge in [0.2, 0.25) is 0 Å². The molecule has 1 amide bonds. The van der Waals surface area contributed by atoms with Gasteiger partial charge < -0.3 is 0 Å². The molecule has 0 bridgehead atoms. The molecule has 0 saturated carbocycles. The number of nitrogen functional groups attached to an aromatic ring is 1. The van der Waals surface area contributed by atoms with Crippen LogP contribution in [0.3, 0.4) is 0 Å². The van der Waals surface area contributed by atoms with Crippen LogP contribution in [0.25, 0.3) is 0 Å². The molecule has 1 heterocycles. The summed E-state index contributed by atoms with van der Waals surface area (Å²) in [7, 11) is 0. The molecule has 3 N–H and O–H groups in total. The number of nitrogens with two attached hydrogens (primary N) is 1. The smallest absolute Gasteiger partial charge is 0.265 e. The van der Waals surface area contributed by atoms with Gasteiger partial charge >= 0.3 is 0 Å². The van der Waals surface area contributed by atoms with Gasteiger partial charge in [0.25, 0.3) is 5.91 Å². The average Bonchev–Trinajstić information content (AvgIpc) is 2.28. The Balaban J connectivity index is 0. The third-order valence-corrected chi connectivity index (χ3v) is 1.57. The first kappa shape index (κ1) is 19.0. The molecule has 0 aliphatic heterocycles. The molecule has 0 fully saturated rings. The minimum absolute atomic E-state index is 0. The van der Waals surface area contributed by atoms with Crippen LogP contribution >= 0.6 is 0 Å². The van der Waals surface area contributed by atoms with E-state index in [2.05, 4.69) is 4.98 Å². The number of pyridine rings is 1. The van der Waals surface area contributed by atoms with Gasteiger partial charge in [-0.2, -0.15) is 0 Å². The number of hydrogen-bond donors (Lipinski definition) is 2. The Morgan fingerprint density at radius 3 is 1.89 bits per heavy atom. The van der Waals surface area contributed by atoms with Crippen LogP contribution in [0.1, 0.15) is 30.6 Å². The third-order valence-electron chi connectivity index (χ3n) is 1.57. The van der Waals surface area contributed by atoms with E-state index in [0.29, 0.717) is 5.56 Å². The van der Waals surface area contributed by atoms with Crippen molar-refractivity contribution in [1.82, 2.24) is 10.4 Å². The minimum atomic E-state index is -0.303. The minimum Gasteiger partial charge on any atom is -0.300 e. The SMILES string of the molecule is CC(=O)CC(C)=O.NNC(=O)c1ccncc1.[Mo]. The molecule has 98 valence electrons. The number of hydrazine groups is 1. The zero-order valence-electron chi connectivity index (χ0n) is 10.2. The van der Waals surface area contributed by atoms with E-state index in [1.54, 1.807) is 12.1 Å². The first-order chi connectivity index (χ1) is 7.97. The summed E-state index contributed by atoms with van der Waals surface area (Å²) in [6.07, 6.45) is 3.15. The Hall–Kier alpha value is -1.39. The number of aromatic nitrogens is 1. The van der Waals surface area contributed by atoms with E-state index in [1.807, 2.05) is 5.43 Å². The van der Waals surface area contributed by atoms with E-state index in [0.717, 1.165) is 0 Å². The Morgan fingerprint density at radius 1 is 1.17 bits per heavy atom. The van der Waals surface area contributed by atoms with Crippen molar-refractivity contribution in [2.75, 3.05) is 0 Å². The van der Waals surface area contributed by atoms with Crippen molar-refractivity contribution in [3.8, 4) is 0 Å². The Bertz CT molecular complexity index is 384. The Kier molecular flexibility index (Phi) is 11.3. The zero-order valence-corrected chi connectivity index (χ0v) is 12.2. The van der Waals surface area contributed by atoms with Gasteiger partial charge in [-0.25, -0.2) is 5.84 Å². The number of nitrogens with zero attached hydrogens (tertiary/aromatic N) is 1. The first-order valence-electron chi connectivity index (χ1n) is 4.87. The van der Waals surface area contributed by atoms with Crippen LogP contribution < -0.4 is 11.3 Å². The largest absolute Gasteiger partial charge is 0.300 e. The second-order valence-corrected chi connectivity index (χ2v) is 3.29. The number of amides is 1. The molecule has 1 aromatic rings. The number of carbonyl (C=O) groups is 3. The second kappa shape index (κ2) is 10.7. The van der Waals surface area contributed by atoms with Crippen molar-refractivity contribution >= 4 is 17.5 Å². The summed E-state index contributed by atoms with van der Waals surface area (Å²) in [5, 5.41) is 0. The van der Waals surface area contributed by atoms with Crippen molar-refractivity contribution in [2.45, 2.75) is 20.3 Å². The molecule has 1 aromatic heterocycles. The monoisotopic (exact) mass is 335 g/mol. The number of hydrogen-bond acceptors (Lipinski definition) is 5. The Morgan fingerprint density at radius 2 is 1.61 bits per heavy atom. The van der Waals surface area contributed by atoms with Crippen molar-refractivity contribution in [2.24, 2.45) is 5.84 Å². The molecule has 0 saturated heterocycles. The maximum Gasteiger partial charge on any atom is 0.265 e. The number of rotatable bonds is 3. The summed E-state index contributed by atoms with van der Waals surface area (Å²) in [6, 6.07) is 3.17. The fourth-order valence-electron chi connectivity index (χ4n) is 0.937. The van der Waals surface area contributed by atoms with Crippen molar-refractivity contribution in [3.05, 3.63) is 30.1 Å². The van der Waals surface area contributed by atoms with Crippen LogP contribution in [-0.4, -0.2) is 22.5 Å². The van der Waals surface area contributed by atoms with E-state index in [1.165, 1.54) is 26.2 Å². The summed E-state index contributed by atoms with van der Waals surface area (Å²) in [4.78, 5) is 34.6. The first-order valence-corrected chi connectivity index (χ1v) is 4.87. The van der Waals surface area contributed by atoms with E-state index in [4.69, 9.17) is 5.84 Å². The van der Waals surface area contributed by atoms with Gasteiger partial charge in [-0.3, -0.25) is 24.8 Å². The molecule has 6 nitrogen and oxygen atoms in total. The molecule has 7 heteroatoms. The maximum absolute atomic E-state index is 10.7. The molecule has 0 unspecified atom stereocenters. The van der Waals surface area contributed by atoms with Crippen molar-refractivity contribution in [3.63, 3.8) is 0 Å².